The van der Waals surface area contributed by atoms with Gasteiger partial charge in [-0.05, 0) is 20.3 Å². The lowest BCUT2D eigenvalue weighted by molar-refractivity contribution is -0.124. The smallest absolute Gasteiger partial charge is 0.135 e. The Morgan fingerprint density at radius 2 is 1.92 bits per heavy atom. The average Bonchev–Trinajstić information content (AvgIpc) is 2.04. The van der Waals surface area contributed by atoms with Crippen LogP contribution in [0.3, 0.4) is 0 Å². The molecular weight excluding hydrogens is 164 g/mol. The molecule has 0 spiro atoms. The van der Waals surface area contributed by atoms with Crippen molar-refractivity contribution in [1.29, 1.82) is 0 Å². The monoisotopic (exact) mass is 186 g/mol. The second-order valence-electron chi connectivity index (χ2n) is 4.14. The SMILES string of the molecule is CCCCCC(=O)CC(C)(C)OC. The van der Waals surface area contributed by atoms with Crippen LogP contribution in [0, 0.1) is 0 Å². The number of ether oxygens (including phenoxy) is 1. The molecule has 0 aromatic rings. The third-order valence-corrected chi connectivity index (χ3v) is 2.23. The zero-order chi connectivity index (χ0) is 10.3. The Bertz CT molecular complexity index is 150. The van der Waals surface area contributed by atoms with Crippen molar-refractivity contribution >= 4 is 5.78 Å². The number of ketones is 1. The lowest BCUT2D eigenvalue weighted by Crippen LogP contribution is -2.26. The summed E-state index contributed by atoms with van der Waals surface area (Å²) in [5, 5.41) is 0. The number of methoxy groups -OCH3 is 1. The van der Waals surface area contributed by atoms with Crippen molar-refractivity contribution in [3.63, 3.8) is 0 Å². The maximum absolute atomic E-state index is 11.4. The van der Waals surface area contributed by atoms with Crippen LogP contribution in [-0.4, -0.2) is 18.5 Å². The van der Waals surface area contributed by atoms with E-state index in [0.29, 0.717) is 18.6 Å². The van der Waals surface area contributed by atoms with Gasteiger partial charge in [0.25, 0.3) is 0 Å². The molecule has 2 nitrogen and oxygen atoms in total. The first kappa shape index (κ1) is 12.6. The highest BCUT2D eigenvalue weighted by Gasteiger charge is 2.20. The molecule has 0 bridgehead atoms. The van der Waals surface area contributed by atoms with E-state index in [2.05, 4.69) is 6.92 Å². The molecule has 0 aliphatic rings. The third kappa shape index (κ3) is 6.76. The number of carbonyl (C=O) groups excluding carboxylic acids is 1. The van der Waals surface area contributed by atoms with E-state index in [1.807, 2.05) is 13.8 Å². The third-order valence-electron chi connectivity index (χ3n) is 2.23. The largest absolute Gasteiger partial charge is 0.378 e. The minimum Gasteiger partial charge on any atom is -0.378 e. The normalized spacial score (nSPS) is 11.7. The Morgan fingerprint density at radius 1 is 1.31 bits per heavy atom. The van der Waals surface area contributed by atoms with E-state index in [9.17, 15) is 4.79 Å². The lowest BCUT2D eigenvalue weighted by Gasteiger charge is -2.21. The van der Waals surface area contributed by atoms with Crippen molar-refractivity contribution in [3.8, 4) is 0 Å². The molecule has 0 unspecified atom stereocenters. The first-order valence-electron chi connectivity index (χ1n) is 5.08. The molecule has 0 aromatic heterocycles. The quantitative estimate of drug-likeness (QED) is 0.571. The van der Waals surface area contributed by atoms with Crippen molar-refractivity contribution in [2.24, 2.45) is 0 Å². The molecule has 0 radical (unpaired) electrons. The van der Waals surface area contributed by atoms with Crippen molar-refractivity contribution < 1.29 is 9.53 Å². The molecule has 2 heteroatoms. The van der Waals surface area contributed by atoms with E-state index < -0.39 is 0 Å². The molecule has 0 atom stereocenters. The van der Waals surface area contributed by atoms with Gasteiger partial charge in [-0.3, -0.25) is 4.79 Å². The zero-order valence-corrected chi connectivity index (χ0v) is 9.35. The maximum Gasteiger partial charge on any atom is 0.135 e. The van der Waals surface area contributed by atoms with Crippen molar-refractivity contribution in [1.82, 2.24) is 0 Å². The molecule has 0 aromatic carbocycles. The van der Waals surface area contributed by atoms with E-state index in [-0.39, 0.29) is 5.60 Å². The summed E-state index contributed by atoms with van der Waals surface area (Å²) in [7, 11) is 1.65. The van der Waals surface area contributed by atoms with Crippen LogP contribution in [0.25, 0.3) is 0 Å². The van der Waals surface area contributed by atoms with E-state index in [1.165, 1.54) is 6.42 Å². The van der Waals surface area contributed by atoms with Crippen LogP contribution in [0.2, 0.25) is 0 Å². The first-order valence-corrected chi connectivity index (χ1v) is 5.08. The summed E-state index contributed by atoms with van der Waals surface area (Å²) in [6.45, 7) is 6.04. The van der Waals surface area contributed by atoms with Crippen molar-refractivity contribution in [2.45, 2.75) is 58.5 Å². The fourth-order valence-corrected chi connectivity index (χ4v) is 1.21. The molecule has 0 aliphatic heterocycles. The zero-order valence-electron chi connectivity index (χ0n) is 9.35. The maximum atomic E-state index is 11.4. The fraction of sp³-hybridized carbons (Fsp3) is 0.909. The molecule has 0 heterocycles. The highest BCUT2D eigenvalue weighted by atomic mass is 16.5. The summed E-state index contributed by atoms with van der Waals surface area (Å²) in [5.74, 6) is 0.320. The summed E-state index contributed by atoms with van der Waals surface area (Å²) in [5.41, 5.74) is -0.288. The van der Waals surface area contributed by atoms with Gasteiger partial charge in [0.2, 0.25) is 0 Å². The van der Waals surface area contributed by atoms with E-state index in [0.717, 1.165) is 12.8 Å². The van der Waals surface area contributed by atoms with Gasteiger partial charge in [0.1, 0.15) is 5.78 Å². The topological polar surface area (TPSA) is 26.3 Å². The van der Waals surface area contributed by atoms with Crippen molar-refractivity contribution in [3.05, 3.63) is 0 Å². The number of rotatable bonds is 7. The fourth-order valence-electron chi connectivity index (χ4n) is 1.21. The minimum absolute atomic E-state index is 0.288. The van der Waals surface area contributed by atoms with E-state index in [1.54, 1.807) is 7.11 Å². The van der Waals surface area contributed by atoms with Gasteiger partial charge in [-0.15, -0.1) is 0 Å². The van der Waals surface area contributed by atoms with Gasteiger partial charge in [0, 0.05) is 20.0 Å². The van der Waals surface area contributed by atoms with Crippen molar-refractivity contribution in [2.75, 3.05) is 7.11 Å². The number of unbranched alkanes of at least 4 members (excludes halogenated alkanes) is 2. The second kappa shape index (κ2) is 6.14. The van der Waals surface area contributed by atoms with Crippen LogP contribution in [0.4, 0.5) is 0 Å². The Balaban J connectivity index is 3.62. The van der Waals surface area contributed by atoms with E-state index >= 15 is 0 Å². The summed E-state index contributed by atoms with van der Waals surface area (Å²) in [4.78, 5) is 11.4. The summed E-state index contributed by atoms with van der Waals surface area (Å²) in [6.07, 6.45) is 4.59. The summed E-state index contributed by atoms with van der Waals surface area (Å²) >= 11 is 0. The minimum atomic E-state index is -0.288. The molecule has 78 valence electrons. The van der Waals surface area contributed by atoms with Crippen LogP contribution >= 0.6 is 0 Å². The van der Waals surface area contributed by atoms with Gasteiger partial charge in [0.05, 0.1) is 5.60 Å². The van der Waals surface area contributed by atoms with Crippen LogP contribution in [0.1, 0.15) is 52.9 Å². The molecule has 13 heavy (non-hydrogen) atoms. The van der Waals surface area contributed by atoms with Gasteiger partial charge in [-0.1, -0.05) is 19.8 Å². The Kier molecular flexibility index (Phi) is 5.97. The Morgan fingerprint density at radius 3 is 2.38 bits per heavy atom. The molecule has 0 rings (SSSR count). The second-order valence-corrected chi connectivity index (χ2v) is 4.14. The molecule has 0 aliphatic carbocycles. The molecule has 0 saturated carbocycles. The highest BCUT2D eigenvalue weighted by molar-refractivity contribution is 5.79. The van der Waals surface area contributed by atoms with Crippen LogP contribution in [-0.2, 0) is 9.53 Å². The molecular formula is C11H22O2. The van der Waals surface area contributed by atoms with Crippen LogP contribution < -0.4 is 0 Å². The van der Waals surface area contributed by atoms with Crippen LogP contribution in [0.5, 0.6) is 0 Å². The Hall–Kier alpha value is -0.370. The van der Waals surface area contributed by atoms with Gasteiger partial charge in [-0.2, -0.15) is 0 Å². The molecule has 0 N–H and O–H groups in total. The predicted molar refractivity (Wildman–Crippen MR) is 54.9 cm³/mol. The van der Waals surface area contributed by atoms with Gasteiger partial charge in [-0.25, -0.2) is 0 Å². The molecule has 0 amide bonds. The number of hydrogen-bond donors (Lipinski definition) is 0. The molecule has 0 fully saturated rings. The summed E-state index contributed by atoms with van der Waals surface area (Å²) in [6, 6.07) is 0. The summed E-state index contributed by atoms with van der Waals surface area (Å²) < 4.78 is 5.19. The average molecular weight is 186 g/mol. The van der Waals surface area contributed by atoms with E-state index in [4.69, 9.17) is 4.74 Å². The lowest BCUT2D eigenvalue weighted by atomic mass is 9.98. The Labute approximate surface area is 81.7 Å². The number of Topliss-reactive ketones (excluding diaryl/α,β-unsaturated/α-hetero) is 1. The predicted octanol–water partition coefficient (Wildman–Crippen LogP) is 2.95. The highest BCUT2D eigenvalue weighted by Crippen LogP contribution is 2.15. The number of carbonyl (C=O) groups is 1. The first-order chi connectivity index (χ1) is 6.02. The molecule has 0 saturated heterocycles. The van der Waals surface area contributed by atoms with Gasteiger partial charge >= 0.3 is 0 Å². The van der Waals surface area contributed by atoms with Crippen LogP contribution in [0.15, 0.2) is 0 Å². The standard InChI is InChI=1S/C11H22O2/c1-5-6-7-8-10(12)9-11(2,3)13-4/h5-9H2,1-4H3. The van der Waals surface area contributed by atoms with Gasteiger partial charge in [0.15, 0.2) is 0 Å². The number of hydrogen-bond acceptors (Lipinski definition) is 2. The van der Waals surface area contributed by atoms with Gasteiger partial charge < -0.3 is 4.74 Å².